The van der Waals surface area contributed by atoms with E-state index in [4.69, 9.17) is 16.3 Å². The molecule has 1 aliphatic heterocycles. The second-order valence-corrected chi connectivity index (χ2v) is 5.03. The van der Waals surface area contributed by atoms with E-state index in [0.717, 1.165) is 0 Å². The standard InChI is InChI=1S/C11H8ClN3O2S/c12-7-1-3-8(4-2-7)17-5-9-13-11-15(14-9)10(16)6-18-11/h1-4H,5-6H2. The maximum Gasteiger partial charge on any atom is 0.259 e. The zero-order chi connectivity index (χ0) is 12.5. The van der Waals surface area contributed by atoms with Gasteiger partial charge in [-0.3, -0.25) is 4.79 Å². The lowest BCUT2D eigenvalue weighted by Gasteiger charge is -2.02. The Kier molecular flexibility index (Phi) is 2.97. The number of thioether (sulfide) groups is 1. The largest absolute Gasteiger partial charge is 0.486 e. The molecule has 0 N–H and O–H groups in total. The molecule has 0 atom stereocenters. The second-order valence-electron chi connectivity index (χ2n) is 3.65. The number of carbonyl (C=O) groups is 1. The topological polar surface area (TPSA) is 57.0 Å². The summed E-state index contributed by atoms with van der Waals surface area (Å²) >= 11 is 7.16. The number of hydrogen-bond acceptors (Lipinski definition) is 5. The van der Waals surface area contributed by atoms with Crippen LogP contribution in [-0.2, 0) is 6.61 Å². The Morgan fingerprint density at radius 1 is 1.39 bits per heavy atom. The van der Waals surface area contributed by atoms with Gasteiger partial charge >= 0.3 is 0 Å². The van der Waals surface area contributed by atoms with Gasteiger partial charge in [0.1, 0.15) is 12.4 Å². The van der Waals surface area contributed by atoms with Crippen LogP contribution in [0.5, 0.6) is 5.75 Å². The number of aromatic nitrogens is 3. The Hall–Kier alpha value is -1.53. The Labute approximate surface area is 112 Å². The average Bonchev–Trinajstić information content (AvgIpc) is 2.91. The Morgan fingerprint density at radius 3 is 2.89 bits per heavy atom. The Bertz CT molecular complexity index is 597. The molecular formula is C11H8ClN3O2S. The lowest BCUT2D eigenvalue weighted by Crippen LogP contribution is -2.09. The zero-order valence-corrected chi connectivity index (χ0v) is 10.7. The first-order valence-corrected chi connectivity index (χ1v) is 6.59. The molecule has 0 saturated heterocycles. The lowest BCUT2D eigenvalue weighted by molar-refractivity contribution is 0.0922. The molecule has 5 nitrogen and oxygen atoms in total. The van der Waals surface area contributed by atoms with Gasteiger partial charge in [0, 0.05) is 5.02 Å². The van der Waals surface area contributed by atoms with Gasteiger partial charge in [-0.15, -0.1) is 5.10 Å². The molecule has 0 aliphatic carbocycles. The number of ether oxygens (including phenoxy) is 1. The fourth-order valence-electron chi connectivity index (χ4n) is 1.52. The van der Waals surface area contributed by atoms with Crippen molar-refractivity contribution in [2.75, 3.05) is 5.75 Å². The van der Waals surface area contributed by atoms with E-state index in [1.54, 1.807) is 24.3 Å². The molecule has 7 heteroatoms. The van der Waals surface area contributed by atoms with E-state index in [-0.39, 0.29) is 12.5 Å². The van der Waals surface area contributed by atoms with Gasteiger partial charge in [-0.25, -0.2) is 4.98 Å². The number of fused-ring (bicyclic) bond motifs is 1. The second kappa shape index (κ2) is 4.62. The van der Waals surface area contributed by atoms with Crippen molar-refractivity contribution < 1.29 is 9.53 Å². The molecule has 0 amide bonds. The Balaban J connectivity index is 1.69. The van der Waals surface area contributed by atoms with Crippen LogP contribution in [0.25, 0.3) is 0 Å². The van der Waals surface area contributed by atoms with Crippen LogP contribution < -0.4 is 4.74 Å². The predicted octanol–water partition coefficient (Wildman–Crippen LogP) is 2.26. The normalized spacial score (nSPS) is 13.7. The van der Waals surface area contributed by atoms with Crippen LogP contribution in [0.15, 0.2) is 29.4 Å². The van der Waals surface area contributed by atoms with Crippen LogP contribution >= 0.6 is 23.4 Å². The predicted molar refractivity (Wildman–Crippen MR) is 67.2 cm³/mol. The van der Waals surface area contributed by atoms with Crippen LogP contribution in [0, 0.1) is 0 Å². The van der Waals surface area contributed by atoms with Crippen molar-refractivity contribution >= 4 is 29.3 Å². The Morgan fingerprint density at radius 2 is 2.17 bits per heavy atom. The van der Waals surface area contributed by atoms with E-state index < -0.39 is 0 Å². The lowest BCUT2D eigenvalue weighted by atomic mass is 10.3. The van der Waals surface area contributed by atoms with Crippen molar-refractivity contribution in [2.24, 2.45) is 0 Å². The number of hydrogen-bond donors (Lipinski definition) is 0. The quantitative estimate of drug-likeness (QED) is 0.864. The molecule has 92 valence electrons. The fraction of sp³-hybridized carbons (Fsp3) is 0.182. The van der Waals surface area contributed by atoms with Crippen LogP contribution in [0.1, 0.15) is 10.6 Å². The van der Waals surface area contributed by atoms with Gasteiger partial charge in [-0.05, 0) is 24.3 Å². The summed E-state index contributed by atoms with van der Waals surface area (Å²) in [6, 6.07) is 7.03. The van der Waals surface area contributed by atoms with Gasteiger partial charge in [0.2, 0.25) is 0 Å². The third-order valence-corrected chi connectivity index (χ3v) is 3.53. The van der Waals surface area contributed by atoms with Gasteiger partial charge in [0.15, 0.2) is 11.0 Å². The highest BCUT2D eigenvalue weighted by molar-refractivity contribution is 8.00. The van der Waals surface area contributed by atoms with Crippen molar-refractivity contribution in [3.8, 4) is 5.75 Å². The minimum atomic E-state index is -0.0414. The van der Waals surface area contributed by atoms with Crippen molar-refractivity contribution in [3.63, 3.8) is 0 Å². The maximum atomic E-state index is 11.4. The van der Waals surface area contributed by atoms with Crippen LogP contribution in [0.2, 0.25) is 5.02 Å². The van der Waals surface area contributed by atoms with Gasteiger partial charge in [-0.2, -0.15) is 4.68 Å². The minimum Gasteiger partial charge on any atom is -0.486 e. The molecule has 0 radical (unpaired) electrons. The van der Waals surface area contributed by atoms with E-state index >= 15 is 0 Å². The number of rotatable bonds is 3. The van der Waals surface area contributed by atoms with E-state index in [9.17, 15) is 4.79 Å². The van der Waals surface area contributed by atoms with Gasteiger partial charge in [-0.1, -0.05) is 23.4 Å². The summed E-state index contributed by atoms with van der Waals surface area (Å²) in [4.78, 5) is 15.6. The van der Waals surface area contributed by atoms with Crippen LogP contribution in [-0.4, -0.2) is 26.4 Å². The summed E-state index contributed by atoms with van der Waals surface area (Å²) in [5.41, 5.74) is 0. The highest BCUT2D eigenvalue weighted by Gasteiger charge is 2.23. The van der Waals surface area contributed by atoms with E-state index in [1.165, 1.54) is 16.4 Å². The van der Waals surface area contributed by atoms with Crippen LogP contribution in [0.3, 0.4) is 0 Å². The summed E-state index contributed by atoms with van der Waals surface area (Å²) in [6.45, 7) is 0.232. The molecule has 18 heavy (non-hydrogen) atoms. The molecule has 0 fully saturated rings. The molecular weight excluding hydrogens is 274 g/mol. The third-order valence-electron chi connectivity index (χ3n) is 2.36. The molecule has 2 aromatic rings. The summed E-state index contributed by atoms with van der Waals surface area (Å²) < 4.78 is 6.83. The van der Waals surface area contributed by atoms with Crippen molar-refractivity contribution in [1.82, 2.24) is 14.8 Å². The maximum absolute atomic E-state index is 11.4. The number of carbonyl (C=O) groups excluding carboxylic acids is 1. The van der Waals surface area contributed by atoms with Crippen molar-refractivity contribution in [1.29, 1.82) is 0 Å². The number of nitrogens with zero attached hydrogens (tertiary/aromatic N) is 3. The first-order chi connectivity index (χ1) is 8.72. The number of halogens is 1. The highest BCUT2D eigenvalue weighted by Crippen LogP contribution is 2.23. The monoisotopic (exact) mass is 281 g/mol. The zero-order valence-electron chi connectivity index (χ0n) is 9.17. The summed E-state index contributed by atoms with van der Waals surface area (Å²) in [7, 11) is 0. The fourth-order valence-corrected chi connectivity index (χ4v) is 2.46. The smallest absolute Gasteiger partial charge is 0.259 e. The third kappa shape index (κ3) is 2.21. The van der Waals surface area contributed by atoms with E-state index in [2.05, 4.69) is 10.1 Å². The average molecular weight is 282 g/mol. The molecule has 1 aromatic carbocycles. The first kappa shape index (κ1) is 11.6. The first-order valence-electron chi connectivity index (χ1n) is 5.23. The molecule has 1 aliphatic rings. The van der Waals surface area contributed by atoms with Gasteiger partial charge in [0.25, 0.3) is 5.91 Å². The summed E-state index contributed by atoms with van der Waals surface area (Å²) in [5.74, 6) is 1.56. The van der Waals surface area contributed by atoms with Gasteiger partial charge < -0.3 is 4.74 Å². The van der Waals surface area contributed by atoms with Crippen molar-refractivity contribution in [3.05, 3.63) is 35.1 Å². The van der Waals surface area contributed by atoms with E-state index in [1.807, 2.05) is 0 Å². The molecule has 0 saturated carbocycles. The van der Waals surface area contributed by atoms with Gasteiger partial charge in [0.05, 0.1) is 5.75 Å². The number of benzene rings is 1. The van der Waals surface area contributed by atoms with Crippen LogP contribution in [0.4, 0.5) is 0 Å². The summed E-state index contributed by atoms with van der Waals surface area (Å²) in [5, 5.41) is 5.38. The molecule has 0 unspecified atom stereocenters. The molecule has 1 aromatic heterocycles. The SMILES string of the molecule is O=C1CSc2nc(COc3ccc(Cl)cc3)nn21. The minimum absolute atomic E-state index is 0.0414. The molecule has 2 heterocycles. The highest BCUT2D eigenvalue weighted by atomic mass is 35.5. The molecule has 3 rings (SSSR count). The molecule has 0 bridgehead atoms. The summed E-state index contributed by atoms with van der Waals surface area (Å²) in [6.07, 6.45) is 0. The van der Waals surface area contributed by atoms with Crippen molar-refractivity contribution in [2.45, 2.75) is 11.8 Å². The molecule has 0 spiro atoms. The van der Waals surface area contributed by atoms with E-state index in [0.29, 0.717) is 27.5 Å².